The molecule has 2 amide bonds. The number of methoxy groups -OCH3 is 2. The van der Waals surface area contributed by atoms with Gasteiger partial charge in [0.05, 0.1) is 32.1 Å². The third kappa shape index (κ3) is 8.49. The third-order valence-electron chi connectivity index (χ3n) is 4.97. The molecule has 0 unspecified atom stereocenters. The van der Waals surface area contributed by atoms with E-state index in [9.17, 15) is 14.4 Å². The molecule has 184 valence electrons. The fraction of sp³-hybridized carbons (Fsp3) is 0.280. The maximum absolute atomic E-state index is 12.2. The first-order valence-corrected chi connectivity index (χ1v) is 12.0. The van der Waals surface area contributed by atoms with Gasteiger partial charge in [-0.3, -0.25) is 14.4 Å². The average molecular weight is 497 g/mol. The number of aromatic nitrogens is 2. The lowest BCUT2D eigenvalue weighted by molar-refractivity contribution is -0.121. The Balaban J connectivity index is 1.44. The van der Waals surface area contributed by atoms with Crippen LogP contribution in [0.15, 0.2) is 64.5 Å². The van der Waals surface area contributed by atoms with Gasteiger partial charge in [-0.2, -0.15) is 0 Å². The lowest BCUT2D eigenvalue weighted by Crippen LogP contribution is -2.28. The fourth-order valence-electron chi connectivity index (χ4n) is 3.23. The van der Waals surface area contributed by atoms with E-state index in [1.165, 1.54) is 6.07 Å². The number of nitrogens with one attached hydrogen (secondary N) is 3. The van der Waals surface area contributed by atoms with Crippen molar-refractivity contribution in [3.63, 3.8) is 0 Å². The van der Waals surface area contributed by atoms with Crippen molar-refractivity contribution in [2.24, 2.45) is 0 Å². The van der Waals surface area contributed by atoms with Gasteiger partial charge in [0.25, 0.3) is 5.56 Å². The van der Waals surface area contributed by atoms with Gasteiger partial charge in [-0.15, -0.1) is 0 Å². The van der Waals surface area contributed by atoms with Gasteiger partial charge in [0, 0.05) is 19.2 Å². The van der Waals surface area contributed by atoms with Crippen LogP contribution in [0.3, 0.4) is 0 Å². The van der Waals surface area contributed by atoms with Gasteiger partial charge in [0.15, 0.2) is 16.7 Å². The Morgan fingerprint density at radius 2 is 1.71 bits per heavy atom. The Hall–Kier alpha value is -3.79. The number of benzene rings is 2. The highest BCUT2D eigenvalue weighted by Crippen LogP contribution is 2.27. The minimum atomic E-state index is -0.373. The van der Waals surface area contributed by atoms with Crippen LogP contribution in [0, 0.1) is 0 Å². The Kier molecular flexibility index (Phi) is 9.73. The Labute approximate surface area is 207 Å². The fourth-order valence-corrected chi connectivity index (χ4v) is 3.96. The Morgan fingerprint density at radius 3 is 2.46 bits per heavy atom. The molecule has 3 N–H and O–H groups in total. The highest BCUT2D eigenvalue weighted by atomic mass is 32.2. The molecule has 0 aliphatic rings. The molecule has 0 radical (unpaired) electrons. The van der Waals surface area contributed by atoms with E-state index < -0.39 is 0 Å². The van der Waals surface area contributed by atoms with E-state index in [1.54, 1.807) is 14.2 Å². The monoisotopic (exact) mass is 496 g/mol. The summed E-state index contributed by atoms with van der Waals surface area (Å²) >= 11 is 1.10. The second-order valence-corrected chi connectivity index (χ2v) is 8.52. The first-order valence-electron chi connectivity index (χ1n) is 11.0. The van der Waals surface area contributed by atoms with Crippen LogP contribution in [0.2, 0.25) is 0 Å². The van der Waals surface area contributed by atoms with Gasteiger partial charge >= 0.3 is 0 Å². The molecular formula is C25H28N4O5S. The Morgan fingerprint density at radius 1 is 0.943 bits per heavy atom. The molecule has 0 fully saturated rings. The lowest BCUT2D eigenvalue weighted by atomic mass is 10.1. The number of hydrogen-bond acceptors (Lipinski definition) is 7. The highest BCUT2D eigenvalue weighted by Gasteiger charge is 2.10. The molecule has 3 aromatic rings. The zero-order chi connectivity index (χ0) is 25.0. The summed E-state index contributed by atoms with van der Waals surface area (Å²) in [5, 5.41) is 5.95. The molecule has 35 heavy (non-hydrogen) atoms. The minimum absolute atomic E-state index is 0.0260. The van der Waals surface area contributed by atoms with Crippen molar-refractivity contribution in [1.29, 1.82) is 0 Å². The van der Waals surface area contributed by atoms with Crippen molar-refractivity contribution in [1.82, 2.24) is 20.6 Å². The summed E-state index contributed by atoms with van der Waals surface area (Å²) in [6.45, 7) is 0.842. The van der Waals surface area contributed by atoms with Gasteiger partial charge in [-0.1, -0.05) is 48.2 Å². The van der Waals surface area contributed by atoms with Gasteiger partial charge in [0.2, 0.25) is 11.8 Å². The number of H-pyrrole nitrogens is 1. The number of nitrogens with zero attached hydrogens (tertiary/aromatic N) is 1. The number of amides is 2. The molecule has 0 aliphatic heterocycles. The summed E-state index contributed by atoms with van der Waals surface area (Å²) in [5.41, 5.74) is 1.95. The van der Waals surface area contributed by atoms with E-state index in [1.807, 2.05) is 48.5 Å². The maximum Gasteiger partial charge on any atom is 0.251 e. The van der Waals surface area contributed by atoms with Crippen LogP contribution in [-0.4, -0.2) is 48.3 Å². The molecule has 1 aromatic heterocycles. The molecule has 9 nitrogen and oxygen atoms in total. The van der Waals surface area contributed by atoms with E-state index in [-0.39, 0.29) is 29.5 Å². The maximum atomic E-state index is 12.2. The van der Waals surface area contributed by atoms with E-state index >= 15 is 0 Å². The van der Waals surface area contributed by atoms with Crippen molar-refractivity contribution in [3.05, 3.63) is 81.8 Å². The first kappa shape index (κ1) is 25.8. The molecule has 0 saturated heterocycles. The number of thioether (sulfide) groups is 1. The summed E-state index contributed by atoms with van der Waals surface area (Å²) in [6, 6.07) is 16.4. The van der Waals surface area contributed by atoms with Crippen LogP contribution in [-0.2, 0) is 29.0 Å². The van der Waals surface area contributed by atoms with Crippen molar-refractivity contribution in [2.75, 3.05) is 26.5 Å². The number of hydrogen-bond donors (Lipinski definition) is 3. The number of ether oxygens (including phenoxy) is 2. The molecule has 0 spiro atoms. The van der Waals surface area contributed by atoms with Crippen LogP contribution >= 0.6 is 11.8 Å². The number of rotatable bonds is 12. The summed E-state index contributed by atoms with van der Waals surface area (Å²) in [5.74, 6) is 0.933. The smallest absolute Gasteiger partial charge is 0.251 e. The third-order valence-corrected chi connectivity index (χ3v) is 5.84. The summed E-state index contributed by atoms with van der Waals surface area (Å²) < 4.78 is 10.5. The topological polar surface area (TPSA) is 122 Å². The largest absolute Gasteiger partial charge is 0.493 e. The number of carbonyl (C=O) groups is 2. The minimum Gasteiger partial charge on any atom is -0.493 e. The van der Waals surface area contributed by atoms with Crippen LogP contribution in [0.25, 0.3) is 0 Å². The standard InChI is InChI=1S/C25H28N4O5S/c1-33-20-9-8-17(12-21(20)34-2)10-11-26-24(32)16-35-25-28-19(14-23(31)29-25)13-22(30)27-15-18-6-4-3-5-7-18/h3-9,12,14H,10-11,13,15-16H2,1-2H3,(H,26,32)(H,27,30)(H,28,29,31). The van der Waals surface area contributed by atoms with Gasteiger partial charge in [0.1, 0.15) is 0 Å². The molecule has 0 atom stereocenters. The van der Waals surface area contributed by atoms with Crippen molar-refractivity contribution >= 4 is 23.6 Å². The van der Waals surface area contributed by atoms with Crippen LogP contribution in [0.1, 0.15) is 16.8 Å². The molecule has 0 bridgehead atoms. The quantitative estimate of drug-likeness (QED) is 0.259. The van der Waals surface area contributed by atoms with E-state index in [4.69, 9.17) is 9.47 Å². The number of carbonyl (C=O) groups excluding carboxylic acids is 2. The first-order chi connectivity index (χ1) is 17.0. The summed E-state index contributed by atoms with van der Waals surface area (Å²) in [7, 11) is 3.15. The van der Waals surface area contributed by atoms with Crippen LogP contribution in [0.4, 0.5) is 0 Å². The Bertz CT molecular complexity index is 1200. The predicted octanol–water partition coefficient (Wildman–Crippen LogP) is 2.10. The second-order valence-electron chi connectivity index (χ2n) is 7.56. The predicted molar refractivity (Wildman–Crippen MR) is 134 cm³/mol. The molecule has 0 aliphatic carbocycles. The molecule has 1 heterocycles. The molecule has 10 heteroatoms. The van der Waals surface area contributed by atoms with Crippen molar-refractivity contribution in [3.8, 4) is 11.5 Å². The zero-order valence-electron chi connectivity index (χ0n) is 19.6. The van der Waals surface area contributed by atoms with Crippen LogP contribution < -0.4 is 25.7 Å². The lowest BCUT2D eigenvalue weighted by Gasteiger charge is -2.10. The molecular weight excluding hydrogens is 468 g/mol. The van der Waals surface area contributed by atoms with Gasteiger partial charge < -0.3 is 25.1 Å². The molecule has 0 saturated carbocycles. The van der Waals surface area contributed by atoms with Crippen molar-refractivity contribution < 1.29 is 19.1 Å². The SMILES string of the molecule is COc1ccc(CCNC(=O)CSc2nc(CC(=O)NCc3ccccc3)cc(=O)[nH]2)cc1OC. The summed E-state index contributed by atoms with van der Waals surface area (Å²) in [4.78, 5) is 43.4. The highest BCUT2D eigenvalue weighted by molar-refractivity contribution is 7.99. The van der Waals surface area contributed by atoms with Crippen molar-refractivity contribution in [2.45, 2.75) is 24.5 Å². The number of aromatic amines is 1. The molecule has 2 aromatic carbocycles. The molecule has 3 rings (SSSR count). The van der Waals surface area contributed by atoms with Gasteiger partial charge in [-0.05, 0) is 29.7 Å². The second kappa shape index (κ2) is 13.2. The normalized spacial score (nSPS) is 10.5. The van der Waals surface area contributed by atoms with Crippen LogP contribution in [0.5, 0.6) is 11.5 Å². The van der Waals surface area contributed by atoms with E-state index in [0.717, 1.165) is 22.9 Å². The van der Waals surface area contributed by atoms with E-state index in [2.05, 4.69) is 20.6 Å². The zero-order valence-corrected chi connectivity index (χ0v) is 20.4. The summed E-state index contributed by atoms with van der Waals surface area (Å²) in [6.07, 6.45) is 0.598. The average Bonchev–Trinajstić information content (AvgIpc) is 2.86. The van der Waals surface area contributed by atoms with Gasteiger partial charge in [-0.25, -0.2) is 4.98 Å². The van der Waals surface area contributed by atoms with E-state index in [0.29, 0.717) is 41.9 Å².